The van der Waals surface area contributed by atoms with Crippen LogP contribution in [0.5, 0.6) is 0 Å². The Kier molecular flexibility index (Phi) is 8.45. The number of ether oxygens (including phenoxy) is 1. The lowest BCUT2D eigenvalue weighted by Crippen LogP contribution is -2.50. The molecular weight excluding hydrogens is 546 g/mol. The van der Waals surface area contributed by atoms with Gasteiger partial charge in [-0.15, -0.1) is 0 Å². The molecule has 0 atom stereocenters. The monoisotopic (exact) mass is 571 g/mol. The van der Waals surface area contributed by atoms with Gasteiger partial charge in [-0.05, 0) is 37.1 Å². The van der Waals surface area contributed by atoms with Crippen molar-refractivity contribution in [3.63, 3.8) is 0 Å². The van der Waals surface area contributed by atoms with Gasteiger partial charge in [0, 0.05) is 43.8 Å². The molecule has 0 spiro atoms. The number of thiocarbonyl (C=S) groups is 1. The molecule has 2 aliphatic rings. The molecule has 0 radical (unpaired) electrons. The van der Waals surface area contributed by atoms with Gasteiger partial charge < -0.3 is 14.5 Å². The smallest absolute Gasteiger partial charge is 0.409 e. The Morgan fingerprint density at radius 1 is 1.24 bits per heavy atom. The third-order valence-corrected chi connectivity index (χ3v) is 8.25. The molecule has 1 aromatic carbocycles. The number of hydrogen-bond donors (Lipinski definition) is 0. The highest BCUT2D eigenvalue weighted by Gasteiger charge is 2.34. The van der Waals surface area contributed by atoms with E-state index in [2.05, 4.69) is 0 Å². The van der Waals surface area contributed by atoms with Crippen molar-refractivity contribution in [2.45, 2.75) is 20.4 Å². The maximum atomic E-state index is 13.4. The molecule has 12 heteroatoms. The second-order valence-electron chi connectivity index (χ2n) is 8.75. The first-order valence-electron chi connectivity index (χ1n) is 12.0. The molecule has 0 aliphatic carbocycles. The zero-order valence-electron chi connectivity index (χ0n) is 21.2. The summed E-state index contributed by atoms with van der Waals surface area (Å²) in [6, 6.07) is 9.28. The van der Waals surface area contributed by atoms with Crippen molar-refractivity contribution in [1.29, 1.82) is 5.26 Å². The Labute approximate surface area is 235 Å². The van der Waals surface area contributed by atoms with Crippen LogP contribution in [0.2, 0.25) is 5.02 Å². The number of nitriles is 1. The van der Waals surface area contributed by atoms with Crippen LogP contribution in [0, 0.1) is 18.3 Å². The van der Waals surface area contributed by atoms with Crippen molar-refractivity contribution in [1.82, 2.24) is 14.4 Å². The van der Waals surface area contributed by atoms with Crippen molar-refractivity contribution in [3.05, 3.63) is 66.8 Å². The minimum absolute atomic E-state index is 0.0132. The number of nitrogens with zero attached hydrogens (tertiary/aromatic N) is 5. The summed E-state index contributed by atoms with van der Waals surface area (Å²) in [6.45, 7) is 5.71. The minimum Gasteiger partial charge on any atom is -0.450 e. The highest BCUT2D eigenvalue weighted by Crippen LogP contribution is 2.37. The van der Waals surface area contributed by atoms with Crippen LogP contribution < -0.4 is 10.5 Å². The van der Waals surface area contributed by atoms with Crippen LogP contribution in [0.4, 0.5) is 10.6 Å². The Balaban J connectivity index is 1.71. The number of halogens is 1. The van der Waals surface area contributed by atoms with Gasteiger partial charge >= 0.3 is 6.09 Å². The lowest BCUT2D eigenvalue weighted by Gasteiger charge is -2.37. The van der Waals surface area contributed by atoms with Gasteiger partial charge in [-0.2, -0.15) is 5.26 Å². The van der Waals surface area contributed by atoms with Crippen LogP contribution in [0.1, 0.15) is 29.2 Å². The van der Waals surface area contributed by atoms with Crippen molar-refractivity contribution in [3.8, 4) is 6.07 Å². The molecule has 2 saturated heterocycles. The van der Waals surface area contributed by atoms with Gasteiger partial charge in [-0.1, -0.05) is 53.8 Å². The van der Waals surface area contributed by atoms with Gasteiger partial charge in [0.05, 0.1) is 18.1 Å². The predicted octanol–water partition coefficient (Wildman–Crippen LogP) is 3.90. The van der Waals surface area contributed by atoms with E-state index in [1.807, 2.05) is 29.2 Å². The SMILES string of the molecule is CCOC(=O)N1CCN(c2c(C=C3SC(=S)N(Cc4ccccc4Cl)C3=O)c(C)c(C#N)c(=O)n2C)CC1. The van der Waals surface area contributed by atoms with E-state index in [4.69, 9.17) is 28.6 Å². The summed E-state index contributed by atoms with van der Waals surface area (Å²) in [7, 11) is 1.61. The Bertz CT molecular complexity index is 1440. The van der Waals surface area contributed by atoms with E-state index < -0.39 is 5.56 Å². The van der Waals surface area contributed by atoms with Crippen molar-refractivity contribution >= 4 is 63.8 Å². The third kappa shape index (κ3) is 5.29. The number of carbonyl (C=O) groups excluding carboxylic acids is 2. The molecule has 0 bridgehead atoms. The lowest BCUT2D eigenvalue weighted by atomic mass is 10.0. The zero-order chi connectivity index (χ0) is 27.6. The van der Waals surface area contributed by atoms with E-state index in [0.717, 1.165) is 5.56 Å². The average Bonchev–Trinajstić information content (AvgIpc) is 3.16. The van der Waals surface area contributed by atoms with E-state index >= 15 is 0 Å². The second-order valence-corrected chi connectivity index (χ2v) is 10.8. The number of hydrogen-bond acceptors (Lipinski definition) is 8. The number of rotatable bonds is 5. The standard InChI is InChI=1S/C26H26ClN5O4S2/c1-4-36-25(35)31-11-9-30(10-12-31)22-18(16(2)19(14-28)23(33)29(22)3)13-21-24(34)32(26(37)38-21)15-17-7-5-6-8-20(17)27/h5-8,13H,4,9-12,15H2,1-3H3. The van der Waals surface area contributed by atoms with Crippen LogP contribution in [0.3, 0.4) is 0 Å². The fourth-order valence-corrected chi connectivity index (χ4v) is 5.91. The van der Waals surface area contributed by atoms with Crippen LogP contribution >= 0.6 is 35.6 Å². The lowest BCUT2D eigenvalue weighted by molar-refractivity contribution is -0.122. The van der Waals surface area contributed by atoms with E-state index in [9.17, 15) is 19.6 Å². The molecule has 0 N–H and O–H groups in total. The summed E-state index contributed by atoms with van der Waals surface area (Å²) >= 11 is 13.0. The van der Waals surface area contributed by atoms with Crippen LogP contribution in [-0.2, 0) is 23.1 Å². The Morgan fingerprint density at radius 3 is 2.55 bits per heavy atom. The quantitative estimate of drug-likeness (QED) is 0.394. The first-order valence-corrected chi connectivity index (χ1v) is 13.6. The number of pyridine rings is 1. The Hall–Kier alpha value is -3.33. The Morgan fingerprint density at radius 2 is 1.92 bits per heavy atom. The minimum atomic E-state index is -0.420. The van der Waals surface area contributed by atoms with Crippen molar-refractivity contribution in [2.24, 2.45) is 7.05 Å². The van der Waals surface area contributed by atoms with Crippen molar-refractivity contribution in [2.75, 3.05) is 37.7 Å². The molecular formula is C26H26ClN5O4S2. The fraction of sp³-hybridized carbons (Fsp3) is 0.346. The predicted molar refractivity (Wildman–Crippen MR) is 152 cm³/mol. The molecule has 2 aliphatic heterocycles. The molecule has 2 fully saturated rings. The molecule has 0 unspecified atom stereocenters. The summed E-state index contributed by atoms with van der Waals surface area (Å²) < 4.78 is 6.94. The number of benzene rings is 1. The summed E-state index contributed by atoms with van der Waals surface area (Å²) in [5.41, 5.74) is 1.44. The van der Waals surface area contributed by atoms with E-state index in [1.165, 1.54) is 21.2 Å². The number of amides is 2. The zero-order valence-corrected chi connectivity index (χ0v) is 23.6. The number of thioether (sulfide) groups is 1. The molecule has 38 heavy (non-hydrogen) atoms. The van der Waals surface area contributed by atoms with E-state index in [1.54, 1.807) is 37.9 Å². The molecule has 2 aromatic rings. The summed E-state index contributed by atoms with van der Waals surface area (Å²) in [4.78, 5) is 44.1. The number of piperazine rings is 1. The molecule has 1 aromatic heterocycles. The van der Waals surface area contributed by atoms with Gasteiger partial charge in [0.25, 0.3) is 11.5 Å². The fourth-order valence-electron chi connectivity index (χ4n) is 4.47. The van der Waals surface area contributed by atoms with Gasteiger partial charge in [-0.25, -0.2) is 4.79 Å². The topological polar surface area (TPSA) is 98.9 Å². The highest BCUT2D eigenvalue weighted by atomic mass is 35.5. The largest absolute Gasteiger partial charge is 0.450 e. The molecule has 9 nitrogen and oxygen atoms in total. The van der Waals surface area contributed by atoms with Gasteiger partial charge in [0.1, 0.15) is 21.8 Å². The average molecular weight is 572 g/mol. The van der Waals surface area contributed by atoms with Gasteiger partial charge in [0.2, 0.25) is 0 Å². The van der Waals surface area contributed by atoms with E-state index in [0.29, 0.717) is 64.0 Å². The maximum absolute atomic E-state index is 13.4. The highest BCUT2D eigenvalue weighted by molar-refractivity contribution is 8.26. The molecule has 2 amide bonds. The normalized spacial score (nSPS) is 16.8. The summed E-state index contributed by atoms with van der Waals surface area (Å²) in [5, 5.41) is 10.3. The van der Waals surface area contributed by atoms with Crippen LogP contribution in [0.15, 0.2) is 34.0 Å². The maximum Gasteiger partial charge on any atom is 0.409 e. The molecule has 0 saturated carbocycles. The first kappa shape index (κ1) is 27.7. The third-order valence-electron chi connectivity index (χ3n) is 6.51. The van der Waals surface area contributed by atoms with Gasteiger partial charge in [-0.3, -0.25) is 19.1 Å². The van der Waals surface area contributed by atoms with Crippen LogP contribution in [-0.4, -0.2) is 63.5 Å². The second kappa shape index (κ2) is 11.6. The van der Waals surface area contributed by atoms with Crippen molar-refractivity contribution < 1.29 is 14.3 Å². The first-order chi connectivity index (χ1) is 18.2. The number of aromatic nitrogens is 1. The molecule has 4 rings (SSSR count). The number of carbonyl (C=O) groups is 2. The number of anilines is 1. The van der Waals surface area contributed by atoms with Crippen LogP contribution in [0.25, 0.3) is 6.08 Å². The molecule has 3 heterocycles. The summed E-state index contributed by atoms with van der Waals surface area (Å²) in [6.07, 6.45) is 1.33. The van der Waals surface area contributed by atoms with E-state index in [-0.39, 0.29) is 24.1 Å². The molecule has 198 valence electrons. The van der Waals surface area contributed by atoms with Gasteiger partial charge in [0.15, 0.2) is 0 Å². The summed E-state index contributed by atoms with van der Waals surface area (Å²) in [5.74, 6) is 0.302.